The van der Waals surface area contributed by atoms with Gasteiger partial charge in [-0.1, -0.05) is 11.6 Å². The normalized spacial score (nSPS) is 34.6. The first-order valence-electron chi connectivity index (χ1n) is 10.5. The smallest absolute Gasteiger partial charge is 0.480 e. The second kappa shape index (κ2) is 6.60. The van der Waals surface area contributed by atoms with E-state index in [1.165, 1.54) is 0 Å². The molecule has 0 saturated heterocycles. The van der Waals surface area contributed by atoms with Gasteiger partial charge >= 0.3 is 6.36 Å². The van der Waals surface area contributed by atoms with E-state index in [0.717, 1.165) is 5.56 Å². The van der Waals surface area contributed by atoms with Crippen molar-refractivity contribution in [3.8, 4) is 5.75 Å². The van der Waals surface area contributed by atoms with Crippen LogP contribution in [0.25, 0.3) is 0 Å². The van der Waals surface area contributed by atoms with Gasteiger partial charge in [-0.2, -0.15) is 0 Å². The number of carbonyl (C=O) groups excluding carboxylic acids is 1. The van der Waals surface area contributed by atoms with Crippen LogP contribution in [-0.4, -0.2) is 40.2 Å². The largest absolute Gasteiger partial charge is 0.522 e. The molecule has 3 aliphatic carbocycles. The SMILES string of the molecule is O=C(NC12CC1(c1nnc(C3CC(OC(F)(F)F)C3)o1)C2)C1CCc2cc(Cl)ccc2O1. The van der Waals surface area contributed by atoms with Gasteiger partial charge in [0.15, 0.2) is 6.10 Å². The number of aromatic nitrogens is 2. The molecule has 1 N–H and O–H groups in total. The standard InChI is InChI=1S/C21H19ClF3N3O4/c22-12-2-4-14-10(5-12)1-3-15(30-14)16(29)26-20-8-19(20,9-20)18-28-27-17(31-18)11-6-13(7-11)32-21(23,24)25/h2,4-5,11,13,15H,1,3,6-9H2,(H,26,29). The van der Waals surface area contributed by atoms with Gasteiger partial charge in [0.1, 0.15) is 5.75 Å². The Morgan fingerprint density at radius 3 is 2.78 bits per heavy atom. The average Bonchev–Trinajstić information content (AvgIpc) is 3.40. The van der Waals surface area contributed by atoms with E-state index >= 15 is 0 Å². The molecule has 0 bridgehead atoms. The average molecular weight is 470 g/mol. The molecule has 2 aromatic rings. The second-order valence-electron chi connectivity index (χ2n) is 9.20. The van der Waals surface area contributed by atoms with Gasteiger partial charge in [0.05, 0.1) is 17.1 Å². The number of nitrogens with one attached hydrogen (secondary N) is 1. The molecule has 3 fully saturated rings. The minimum absolute atomic E-state index is 0.171. The molecule has 0 radical (unpaired) electrons. The van der Waals surface area contributed by atoms with Gasteiger partial charge in [0.25, 0.3) is 5.91 Å². The molecule has 1 aliphatic heterocycles. The molecule has 6 rings (SSSR count). The van der Waals surface area contributed by atoms with Gasteiger partial charge in [-0.3, -0.25) is 9.53 Å². The van der Waals surface area contributed by atoms with Crippen LogP contribution >= 0.6 is 11.6 Å². The summed E-state index contributed by atoms with van der Waals surface area (Å²) < 4.78 is 52.5. The third kappa shape index (κ3) is 3.26. The van der Waals surface area contributed by atoms with Crippen molar-refractivity contribution in [3.05, 3.63) is 40.6 Å². The number of hydrogen-bond donors (Lipinski definition) is 1. The van der Waals surface area contributed by atoms with E-state index in [9.17, 15) is 18.0 Å². The molecule has 2 heterocycles. The number of fused-ring (bicyclic) bond motifs is 2. The topological polar surface area (TPSA) is 86.5 Å². The van der Waals surface area contributed by atoms with Crippen molar-refractivity contribution in [1.82, 2.24) is 15.5 Å². The number of ether oxygens (including phenoxy) is 2. The number of rotatable bonds is 5. The van der Waals surface area contributed by atoms with Crippen LogP contribution in [-0.2, 0) is 21.4 Å². The van der Waals surface area contributed by atoms with E-state index in [2.05, 4.69) is 20.3 Å². The molecule has 1 amide bonds. The summed E-state index contributed by atoms with van der Waals surface area (Å²) in [5.41, 5.74) is 0.239. The molecule has 4 aliphatic rings. The monoisotopic (exact) mass is 469 g/mol. The highest BCUT2D eigenvalue weighted by Gasteiger charge is 2.88. The Balaban J connectivity index is 1.05. The van der Waals surface area contributed by atoms with E-state index in [4.69, 9.17) is 20.8 Å². The van der Waals surface area contributed by atoms with Gasteiger partial charge in [-0.15, -0.1) is 23.4 Å². The lowest BCUT2D eigenvalue weighted by Gasteiger charge is -2.32. The Hall–Kier alpha value is -2.33. The Labute approximate surface area is 185 Å². The van der Waals surface area contributed by atoms with Crippen LogP contribution < -0.4 is 10.1 Å². The minimum Gasteiger partial charge on any atom is -0.480 e. The molecule has 11 heteroatoms. The van der Waals surface area contributed by atoms with Crippen LogP contribution in [0.5, 0.6) is 5.75 Å². The molecular weight excluding hydrogens is 451 g/mol. The van der Waals surface area contributed by atoms with Crippen LogP contribution in [0.3, 0.4) is 0 Å². The molecule has 1 unspecified atom stereocenters. The lowest BCUT2D eigenvalue weighted by atomic mass is 9.82. The van der Waals surface area contributed by atoms with Crippen molar-refractivity contribution in [2.75, 3.05) is 0 Å². The summed E-state index contributed by atoms with van der Waals surface area (Å²) in [6, 6.07) is 5.36. The van der Waals surface area contributed by atoms with Gasteiger partial charge < -0.3 is 14.5 Å². The Bertz CT molecular complexity index is 1090. The van der Waals surface area contributed by atoms with E-state index in [-0.39, 0.29) is 35.6 Å². The van der Waals surface area contributed by atoms with Gasteiger partial charge in [-0.25, -0.2) is 0 Å². The molecule has 32 heavy (non-hydrogen) atoms. The van der Waals surface area contributed by atoms with E-state index < -0.39 is 18.6 Å². The highest BCUT2D eigenvalue weighted by atomic mass is 35.5. The molecular formula is C21H19ClF3N3O4. The first-order chi connectivity index (χ1) is 15.2. The van der Waals surface area contributed by atoms with Gasteiger partial charge in [0.2, 0.25) is 11.8 Å². The van der Waals surface area contributed by atoms with Crippen molar-refractivity contribution in [3.63, 3.8) is 0 Å². The van der Waals surface area contributed by atoms with Crippen LogP contribution in [0.2, 0.25) is 5.02 Å². The quantitative estimate of drug-likeness (QED) is 0.717. The second-order valence-corrected chi connectivity index (χ2v) is 9.64. The first kappa shape index (κ1) is 20.3. The number of nitrogens with zero attached hydrogens (tertiary/aromatic N) is 2. The molecule has 1 atom stereocenters. The zero-order valence-electron chi connectivity index (χ0n) is 16.7. The summed E-state index contributed by atoms with van der Waals surface area (Å²) in [5, 5.41) is 11.9. The van der Waals surface area contributed by atoms with E-state index in [1.807, 2.05) is 6.07 Å². The molecule has 3 saturated carbocycles. The molecule has 0 spiro atoms. The number of alkyl halides is 3. The van der Waals surface area contributed by atoms with E-state index in [1.54, 1.807) is 12.1 Å². The number of halogens is 4. The summed E-state index contributed by atoms with van der Waals surface area (Å²) in [6.07, 6.45) is -3.00. The highest BCUT2D eigenvalue weighted by molar-refractivity contribution is 6.30. The fourth-order valence-corrected chi connectivity index (χ4v) is 5.15. The van der Waals surface area contributed by atoms with Gasteiger partial charge in [0, 0.05) is 10.9 Å². The summed E-state index contributed by atoms with van der Waals surface area (Å²) in [4.78, 5) is 12.8. The summed E-state index contributed by atoms with van der Waals surface area (Å²) >= 11 is 6.01. The van der Waals surface area contributed by atoms with Crippen molar-refractivity contribution < 1.29 is 31.9 Å². The maximum Gasteiger partial charge on any atom is 0.522 e. The summed E-state index contributed by atoms with van der Waals surface area (Å²) in [7, 11) is 0. The number of benzene rings is 1. The molecule has 1 aromatic heterocycles. The third-order valence-corrected chi connectivity index (χ3v) is 7.33. The molecule has 1 aromatic carbocycles. The first-order valence-corrected chi connectivity index (χ1v) is 10.9. The lowest BCUT2D eigenvalue weighted by Crippen LogP contribution is -2.43. The Morgan fingerprint density at radius 2 is 2.03 bits per heavy atom. The van der Waals surface area contributed by atoms with Crippen LogP contribution in [0.4, 0.5) is 13.2 Å². The maximum absolute atomic E-state index is 12.8. The zero-order chi connectivity index (χ0) is 22.3. The fourth-order valence-electron chi connectivity index (χ4n) is 4.96. The number of amides is 1. The number of aryl methyl sites for hydroxylation is 1. The van der Waals surface area contributed by atoms with Crippen molar-refractivity contribution in [2.45, 2.75) is 74.0 Å². The molecule has 170 valence electrons. The van der Waals surface area contributed by atoms with Crippen LogP contribution in [0.15, 0.2) is 22.6 Å². The fraction of sp³-hybridized carbons (Fsp3) is 0.571. The maximum atomic E-state index is 12.8. The predicted molar refractivity (Wildman–Crippen MR) is 103 cm³/mol. The Morgan fingerprint density at radius 1 is 1.25 bits per heavy atom. The van der Waals surface area contributed by atoms with E-state index in [0.29, 0.717) is 48.2 Å². The van der Waals surface area contributed by atoms with Crippen molar-refractivity contribution in [2.24, 2.45) is 0 Å². The summed E-state index contributed by atoms with van der Waals surface area (Å²) in [5.74, 6) is 1.05. The number of carbonyl (C=O) groups is 1. The van der Waals surface area contributed by atoms with Gasteiger partial charge in [-0.05, 0) is 62.3 Å². The highest BCUT2D eigenvalue weighted by Crippen LogP contribution is 2.78. The van der Waals surface area contributed by atoms with Crippen LogP contribution in [0.1, 0.15) is 55.4 Å². The minimum atomic E-state index is -4.63. The number of hydrogen-bond acceptors (Lipinski definition) is 6. The lowest BCUT2D eigenvalue weighted by molar-refractivity contribution is -0.352. The third-order valence-electron chi connectivity index (χ3n) is 7.09. The van der Waals surface area contributed by atoms with Crippen molar-refractivity contribution in [1.29, 1.82) is 0 Å². The predicted octanol–water partition coefficient (Wildman–Crippen LogP) is 3.80. The summed E-state index contributed by atoms with van der Waals surface area (Å²) in [6.45, 7) is 0. The zero-order valence-corrected chi connectivity index (χ0v) is 17.5. The van der Waals surface area contributed by atoms with Crippen LogP contribution in [0, 0.1) is 0 Å². The molecule has 7 nitrogen and oxygen atoms in total. The van der Waals surface area contributed by atoms with Crippen molar-refractivity contribution >= 4 is 17.5 Å². The Kier molecular flexibility index (Phi) is 4.18.